The van der Waals surface area contributed by atoms with Gasteiger partial charge < -0.3 is 10.0 Å². The molecule has 0 saturated carbocycles. The highest BCUT2D eigenvalue weighted by Crippen LogP contribution is 2.24. The highest BCUT2D eigenvalue weighted by atomic mass is 19.3. The van der Waals surface area contributed by atoms with Gasteiger partial charge in [-0.1, -0.05) is 24.3 Å². The van der Waals surface area contributed by atoms with Crippen molar-refractivity contribution < 1.29 is 23.5 Å². The topological polar surface area (TPSA) is 57.6 Å². The third-order valence-electron chi connectivity index (χ3n) is 3.00. The second-order valence-electron chi connectivity index (χ2n) is 4.09. The fraction of sp³-hybridized carbons (Fsp3) is 0.333. The summed E-state index contributed by atoms with van der Waals surface area (Å²) in [6.45, 7) is -0.0870. The number of benzene rings is 1. The van der Waals surface area contributed by atoms with Gasteiger partial charge in [0.15, 0.2) is 0 Å². The largest absolute Gasteiger partial charge is 0.480 e. The maximum atomic E-state index is 12.4. The maximum absolute atomic E-state index is 12.4. The van der Waals surface area contributed by atoms with Gasteiger partial charge in [0.1, 0.15) is 6.04 Å². The fourth-order valence-corrected chi connectivity index (χ4v) is 2.10. The number of hydrogen-bond donors (Lipinski definition) is 1. The van der Waals surface area contributed by atoms with Crippen LogP contribution in [0.4, 0.5) is 8.78 Å². The van der Waals surface area contributed by atoms with E-state index in [0.29, 0.717) is 5.56 Å². The molecule has 0 aromatic heterocycles. The highest BCUT2D eigenvalue weighted by Gasteiger charge is 2.37. The van der Waals surface area contributed by atoms with Crippen LogP contribution in [0.5, 0.6) is 0 Å². The minimum Gasteiger partial charge on any atom is -0.480 e. The van der Waals surface area contributed by atoms with Crippen molar-refractivity contribution in [3.05, 3.63) is 35.4 Å². The van der Waals surface area contributed by atoms with E-state index in [0.717, 1.165) is 10.5 Å². The molecule has 1 aliphatic rings. The molecule has 1 amide bonds. The van der Waals surface area contributed by atoms with E-state index in [4.69, 9.17) is 5.11 Å². The molecule has 1 aliphatic heterocycles. The van der Waals surface area contributed by atoms with Gasteiger partial charge in [-0.15, -0.1) is 0 Å². The molecule has 18 heavy (non-hydrogen) atoms. The van der Waals surface area contributed by atoms with Gasteiger partial charge in [0.05, 0.1) is 0 Å². The van der Waals surface area contributed by atoms with Gasteiger partial charge in [0.25, 0.3) is 5.91 Å². The standard InChI is InChI=1S/C12H11F2NO3/c13-10(14)11(16)15-6-8-4-2-1-3-7(8)5-9(15)12(17)18/h1-4,9-10H,5-6H2,(H,17,18)/t9-/m0/s1. The molecule has 0 aliphatic carbocycles. The fourth-order valence-electron chi connectivity index (χ4n) is 2.10. The van der Waals surface area contributed by atoms with Crippen molar-refractivity contribution >= 4 is 11.9 Å². The van der Waals surface area contributed by atoms with Crippen LogP contribution in [-0.2, 0) is 22.6 Å². The van der Waals surface area contributed by atoms with Crippen LogP contribution in [0.2, 0.25) is 0 Å². The molecule has 0 saturated heterocycles. The molecular formula is C12H11F2NO3. The van der Waals surface area contributed by atoms with E-state index in [9.17, 15) is 18.4 Å². The zero-order valence-electron chi connectivity index (χ0n) is 9.35. The lowest BCUT2D eigenvalue weighted by Gasteiger charge is -2.34. The van der Waals surface area contributed by atoms with Crippen LogP contribution < -0.4 is 0 Å². The van der Waals surface area contributed by atoms with Crippen LogP contribution in [-0.4, -0.2) is 34.4 Å². The van der Waals surface area contributed by atoms with Crippen molar-refractivity contribution in [2.75, 3.05) is 0 Å². The number of carbonyl (C=O) groups is 2. The van der Waals surface area contributed by atoms with Crippen LogP contribution in [0.1, 0.15) is 11.1 Å². The molecule has 0 spiro atoms. The Bertz CT molecular complexity index is 490. The van der Waals surface area contributed by atoms with Crippen LogP contribution >= 0.6 is 0 Å². The maximum Gasteiger partial charge on any atom is 0.326 e. The first-order valence-corrected chi connectivity index (χ1v) is 5.39. The van der Waals surface area contributed by atoms with Gasteiger partial charge in [0, 0.05) is 13.0 Å². The summed E-state index contributed by atoms with van der Waals surface area (Å²) < 4.78 is 24.9. The molecule has 1 aromatic rings. The minimum atomic E-state index is -3.18. The van der Waals surface area contributed by atoms with E-state index in [1.54, 1.807) is 24.3 Å². The van der Waals surface area contributed by atoms with E-state index >= 15 is 0 Å². The second-order valence-corrected chi connectivity index (χ2v) is 4.09. The molecule has 0 radical (unpaired) electrons. The van der Waals surface area contributed by atoms with Crippen LogP contribution in [0, 0.1) is 0 Å². The van der Waals surface area contributed by atoms with E-state index in [1.807, 2.05) is 0 Å². The van der Waals surface area contributed by atoms with Gasteiger partial charge in [-0.05, 0) is 11.1 Å². The summed E-state index contributed by atoms with van der Waals surface area (Å²) in [5.74, 6) is -2.70. The number of alkyl halides is 2. The first-order valence-electron chi connectivity index (χ1n) is 5.39. The summed E-state index contributed by atoms with van der Waals surface area (Å²) in [7, 11) is 0. The Morgan fingerprint density at radius 3 is 2.44 bits per heavy atom. The minimum absolute atomic E-state index is 0.0595. The molecular weight excluding hydrogens is 244 g/mol. The van der Waals surface area contributed by atoms with Crippen molar-refractivity contribution in [1.29, 1.82) is 0 Å². The normalized spacial score (nSPS) is 18.6. The molecule has 1 aromatic carbocycles. The van der Waals surface area contributed by atoms with Crippen LogP contribution in [0.3, 0.4) is 0 Å². The Hall–Kier alpha value is -1.98. The lowest BCUT2D eigenvalue weighted by Crippen LogP contribution is -2.50. The predicted molar refractivity (Wildman–Crippen MR) is 58.1 cm³/mol. The molecule has 1 heterocycles. The Kier molecular flexibility index (Phi) is 3.27. The number of hydrogen-bond acceptors (Lipinski definition) is 2. The SMILES string of the molecule is O=C(O)[C@@H]1Cc2ccccc2CN1C(=O)C(F)F. The van der Waals surface area contributed by atoms with Crippen molar-refractivity contribution in [3.8, 4) is 0 Å². The van der Waals surface area contributed by atoms with E-state index in [1.165, 1.54) is 0 Å². The lowest BCUT2D eigenvalue weighted by atomic mass is 9.94. The Morgan fingerprint density at radius 1 is 1.28 bits per heavy atom. The number of amides is 1. The second kappa shape index (κ2) is 4.72. The summed E-state index contributed by atoms with van der Waals surface area (Å²) in [5, 5.41) is 9.03. The van der Waals surface area contributed by atoms with Crippen molar-refractivity contribution in [2.24, 2.45) is 0 Å². The monoisotopic (exact) mass is 255 g/mol. The first kappa shape index (κ1) is 12.5. The molecule has 0 fully saturated rings. The first-order chi connectivity index (χ1) is 8.50. The number of aliphatic carboxylic acids is 1. The highest BCUT2D eigenvalue weighted by molar-refractivity contribution is 5.86. The summed E-state index contributed by atoms with van der Waals surface area (Å²) in [6.07, 6.45) is -3.12. The van der Waals surface area contributed by atoms with Crippen molar-refractivity contribution in [2.45, 2.75) is 25.4 Å². The quantitative estimate of drug-likeness (QED) is 0.866. The molecule has 2 rings (SSSR count). The molecule has 0 bridgehead atoms. The predicted octanol–water partition coefficient (Wildman–Crippen LogP) is 1.29. The third kappa shape index (κ3) is 2.18. The smallest absolute Gasteiger partial charge is 0.326 e. The molecule has 4 nitrogen and oxygen atoms in total. The number of rotatable bonds is 2. The van der Waals surface area contributed by atoms with E-state index in [2.05, 4.69) is 0 Å². The Balaban J connectivity index is 2.34. The zero-order valence-corrected chi connectivity index (χ0v) is 9.35. The number of carboxylic acid groups (broad SMARTS) is 1. The number of carbonyl (C=O) groups excluding carboxylic acids is 1. The Labute approximate surface area is 102 Å². The van der Waals surface area contributed by atoms with Gasteiger partial charge in [-0.2, -0.15) is 8.78 Å². The summed E-state index contributed by atoms with van der Waals surface area (Å²) in [6, 6.07) is 5.71. The number of nitrogens with zero attached hydrogens (tertiary/aromatic N) is 1. The summed E-state index contributed by atoms with van der Waals surface area (Å²) in [4.78, 5) is 23.1. The van der Waals surface area contributed by atoms with Gasteiger partial charge in [-0.25, -0.2) is 4.79 Å². The van der Waals surface area contributed by atoms with E-state index < -0.39 is 24.3 Å². The molecule has 1 N–H and O–H groups in total. The van der Waals surface area contributed by atoms with Crippen molar-refractivity contribution in [1.82, 2.24) is 4.90 Å². The van der Waals surface area contributed by atoms with Gasteiger partial charge >= 0.3 is 12.4 Å². The summed E-state index contributed by atoms with van der Waals surface area (Å²) in [5.41, 5.74) is 1.49. The average Bonchev–Trinajstić information content (AvgIpc) is 2.36. The van der Waals surface area contributed by atoms with Crippen LogP contribution in [0.15, 0.2) is 24.3 Å². The summed E-state index contributed by atoms with van der Waals surface area (Å²) >= 11 is 0. The Morgan fingerprint density at radius 2 is 1.89 bits per heavy atom. The van der Waals surface area contributed by atoms with Gasteiger partial charge in [0.2, 0.25) is 0 Å². The van der Waals surface area contributed by atoms with Crippen LogP contribution in [0.25, 0.3) is 0 Å². The lowest BCUT2D eigenvalue weighted by molar-refractivity contribution is -0.157. The number of carboxylic acids is 1. The number of fused-ring (bicyclic) bond motifs is 1. The molecule has 0 unspecified atom stereocenters. The zero-order chi connectivity index (χ0) is 13.3. The number of halogens is 2. The van der Waals surface area contributed by atoms with Gasteiger partial charge in [-0.3, -0.25) is 4.79 Å². The third-order valence-corrected chi connectivity index (χ3v) is 3.00. The van der Waals surface area contributed by atoms with E-state index in [-0.39, 0.29) is 13.0 Å². The molecule has 6 heteroatoms. The molecule has 1 atom stereocenters. The van der Waals surface area contributed by atoms with Crippen molar-refractivity contribution in [3.63, 3.8) is 0 Å². The average molecular weight is 255 g/mol. The molecule has 96 valence electrons.